The van der Waals surface area contributed by atoms with Gasteiger partial charge in [0.05, 0.1) is 23.4 Å². The molecule has 0 aliphatic heterocycles. The Bertz CT molecular complexity index is 981. The van der Waals surface area contributed by atoms with Crippen molar-refractivity contribution < 1.29 is 27.5 Å². The predicted molar refractivity (Wildman–Crippen MR) is 99.0 cm³/mol. The minimum Gasteiger partial charge on any atom is -0.481 e. The minimum atomic E-state index is -4.39. The molecule has 3 aromatic rings. The predicted octanol–water partition coefficient (Wildman–Crippen LogP) is 5.59. The Morgan fingerprint density at radius 2 is 1.89 bits per heavy atom. The number of nitrogens with zero attached hydrogens (tertiary/aromatic N) is 1. The van der Waals surface area contributed by atoms with Crippen LogP contribution in [0.2, 0.25) is 0 Å². The number of aryl methyl sites for hydroxylation is 1. The van der Waals surface area contributed by atoms with E-state index in [0.717, 1.165) is 17.0 Å². The monoisotopic (exact) mass is 407 g/mol. The molecule has 0 spiro atoms. The van der Waals surface area contributed by atoms with E-state index < -0.39 is 17.7 Å². The first kappa shape index (κ1) is 20.0. The molecule has 1 heterocycles. The van der Waals surface area contributed by atoms with Crippen molar-refractivity contribution in [3.05, 3.63) is 71.1 Å². The normalized spacial score (nSPS) is 11.6. The van der Waals surface area contributed by atoms with E-state index >= 15 is 0 Å². The lowest BCUT2D eigenvalue weighted by molar-refractivity contribution is -0.138. The number of alkyl halides is 3. The summed E-state index contributed by atoms with van der Waals surface area (Å²) in [6, 6.07) is 11.9. The first-order valence-corrected chi connectivity index (χ1v) is 9.28. The number of halogens is 3. The summed E-state index contributed by atoms with van der Waals surface area (Å²) in [6.45, 7) is 1.77. The number of carboxylic acid groups (broad SMARTS) is 1. The van der Waals surface area contributed by atoms with Crippen molar-refractivity contribution in [2.45, 2.75) is 30.2 Å². The van der Waals surface area contributed by atoms with Gasteiger partial charge in [-0.25, -0.2) is 4.98 Å². The summed E-state index contributed by atoms with van der Waals surface area (Å²) >= 11 is 1.47. The van der Waals surface area contributed by atoms with Gasteiger partial charge in [0.2, 0.25) is 5.89 Å². The zero-order chi connectivity index (χ0) is 20.3. The molecule has 146 valence electrons. The summed E-state index contributed by atoms with van der Waals surface area (Å²) in [5, 5.41) is 8.88. The lowest BCUT2D eigenvalue weighted by atomic mass is 10.1. The number of aliphatic carboxylic acids is 1. The SMILES string of the molecule is Cc1nc(-c2ccc(C(F)(F)F)cc2)oc1CSc1cccc(CC(=O)O)c1. The van der Waals surface area contributed by atoms with Gasteiger partial charge in [-0.1, -0.05) is 12.1 Å². The number of hydrogen-bond acceptors (Lipinski definition) is 4. The number of aromatic nitrogens is 1. The third-order valence-corrected chi connectivity index (χ3v) is 4.97. The maximum absolute atomic E-state index is 12.7. The van der Waals surface area contributed by atoms with Crippen molar-refractivity contribution in [2.75, 3.05) is 0 Å². The summed E-state index contributed by atoms with van der Waals surface area (Å²) in [6.07, 6.45) is -4.43. The molecule has 0 aliphatic carbocycles. The van der Waals surface area contributed by atoms with Crippen LogP contribution in [0.1, 0.15) is 22.6 Å². The molecule has 0 aliphatic rings. The van der Waals surface area contributed by atoms with E-state index in [1.54, 1.807) is 25.1 Å². The maximum atomic E-state index is 12.7. The van der Waals surface area contributed by atoms with E-state index in [1.807, 2.05) is 6.07 Å². The highest BCUT2D eigenvalue weighted by molar-refractivity contribution is 7.98. The number of thioether (sulfide) groups is 1. The molecule has 0 atom stereocenters. The molecule has 0 amide bonds. The Labute approximate surface area is 163 Å². The zero-order valence-corrected chi connectivity index (χ0v) is 15.6. The van der Waals surface area contributed by atoms with E-state index in [4.69, 9.17) is 9.52 Å². The molecular formula is C20H16F3NO3S. The smallest absolute Gasteiger partial charge is 0.416 e. The molecule has 2 aromatic carbocycles. The molecular weight excluding hydrogens is 391 g/mol. The van der Waals surface area contributed by atoms with Crippen LogP contribution in [0.4, 0.5) is 13.2 Å². The number of rotatable bonds is 6. The van der Waals surface area contributed by atoms with Crippen molar-refractivity contribution in [1.82, 2.24) is 4.98 Å². The Kier molecular flexibility index (Phi) is 5.79. The fraction of sp³-hybridized carbons (Fsp3) is 0.200. The van der Waals surface area contributed by atoms with Gasteiger partial charge in [0.1, 0.15) is 5.76 Å². The van der Waals surface area contributed by atoms with Gasteiger partial charge in [0, 0.05) is 10.5 Å². The van der Waals surface area contributed by atoms with Crippen LogP contribution >= 0.6 is 11.8 Å². The lowest BCUT2D eigenvalue weighted by Gasteiger charge is -2.06. The Hall–Kier alpha value is -2.74. The van der Waals surface area contributed by atoms with Gasteiger partial charge >= 0.3 is 12.1 Å². The van der Waals surface area contributed by atoms with Crippen LogP contribution in [0.15, 0.2) is 57.8 Å². The Morgan fingerprint density at radius 1 is 1.18 bits per heavy atom. The number of oxazole rings is 1. The van der Waals surface area contributed by atoms with Gasteiger partial charge in [0.25, 0.3) is 0 Å². The molecule has 1 N–H and O–H groups in total. The molecule has 0 bridgehead atoms. The summed E-state index contributed by atoms with van der Waals surface area (Å²) in [4.78, 5) is 16.0. The average molecular weight is 407 g/mol. The largest absolute Gasteiger partial charge is 0.481 e. The van der Waals surface area contributed by atoms with Crippen LogP contribution in [-0.4, -0.2) is 16.1 Å². The van der Waals surface area contributed by atoms with Gasteiger partial charge < -0.3 is 9.52 Å². The first-order valence-electron chi connectivity index (χ1n) is 8.30. The number of carboxylic acids is 1. The van der Waals surface area contributed by atoms with Crippen molar-refractivity contribution in [3.63, 3.8) is 0 Å². The molecule has 0 fully saturated rings. The molecule has 0 radical (unpaired) electrons. The minimum absolute atomic E-state index is 0.0478. The Balaban J connectivity index is 1.72. The average Bonchev–Trinajstić information content (AvgIpc) is 3.00. The lowest BCUT2D eigenvalue weighted by Crippen LogP contribution is -2.03. The van der Waals surface area contributed by atoms with E-state index in [2.05, 4.69) is 4.98 Å². The third kappa shape index (κ3) is 4.95. The highest BCUT2D eigenvalue weighted by Gasteiger charge is 2.30. The van der Waals surface area contributed by atoms with Gasteiger partial charge in [-0.15, -0.1) is 11.8 Å². The summed E-state index contributed by atoms with van der Waals surface area (Å²) in [5.74, 6) is 0.454. The zero-order valence-electron chi connectivity index (χ0n) is 14.8. The molecule has 8 heteroatoms. The van der Waals surface area contributed by atoms with E-state index in [9.17, 15) is 18.0 Å². The highest BCUT2D eigenvalue weighted by atomic mass is 32.2. The molecule has 4 nitrogen and oxygen atoms in total. The number of hydrogen-bond donors (Lipinski definition) is 1. The molecule has 3 rings (SSSR count). The van der Waals surface area contributed by atoms with E-state index in [-0.39, 0.29) is 12.3 Å². The van der Waals surface area contributed by atoms with Crippen molar-refractivity contribution >= 4 is 17.7 Å². The molecule has 0 saturated heterocycles. The van der Waals surface area contributed by atoms with Crippen LogP contribution in [0.5, 0.6) is 0 Å². The third-order valence-electron chi connectivity index (χ3n) is 3.98. The summed E-state index contributed by atoms with van der Waals surface area (Å²) in [5.41, 5.74) is 1.11. The van der Waals surface area contributed by atoms with Crippen LogP contribution in [-0.2, 0) is 23.1 Å². The maximum Gasteiger partial charge on any atom is 0.416 e. The second-order valence-corrected chi connectivity index (χ2v) is 7.16. The van der Waals surface area contributed by atoms with Crippen LogP contribution < -0.4 is 0 Å². The Morgan fingerprint density at radius 3 is 2.54 bits per heavy atom. The molecule has 0 saturated carbocycles. The number of carbonyl (C=O) groups is 1. The summed E-state index contributed by atoms with van der Waals surface area (Å²) < 4.78 is 43.8. The second-order valence-electron chi connectivity index (χ2n) is 6.11. The van der Waals surface area contributed by atoms with Gasteiger partial charge in [0.15, 0.2) is 0 Å². The fourth-order valence-electron chi connectivity index (χ4n) is 2.56. The number of benzene rings is 2. The molecule has 28 heavy (non-hydrogen) atoms. The van der Waals surface area contributed by atoms with Crippen molar-refractivity contribution in [2.24, 2.45) is 0 Å². The van der Waals surface area contributed by atoms with Crippen molar-refractivity contribution in [1.29, 1.82) is 0 Å². The van der Waals surface area contributed by atoms with E-state index in [1.165, 1.54) is 23.9 Å². The van der Waals surface area contributed by atoms with Gasteiger partial charge in [-0.3, -0.25) is 4.79 Å². The first-order chi connectivity index (χ1) is 13.2. The van der Waals surface area contributed by atoms with Crippen molar-refractivity contribution in [3.8, 4) is 11.5 Å². The van der Waals surface area contributed by atoms with Crippen LogP contribution in [0.3, 0.4) is 0 Å². The van der Waals surface area contributed by atoms with Crippen LogP contribution in [0, 0.1) is 6.92 Å². The van der Waals surface area contributed by atoms with Gasteiger partial charge in [-0.2, -0.15) is 13.2 Å². The second kappa shape index (κ2) is 8.10. The fourth-order valence-corrected chi connectivity index (χ4v) is 3.53. The topological polar surface area (TPSA) is 63.3 Å². The quantitative estimate of drug-likeness (QED) is 0.540. The van der Waals surface area contributed by atoms with Gasteiger partial charge in [-0.05, 0) is 48.9 Å². The highest BCUT2D eigenvalue weighted by Crippen LogP contribution is 2.32. The summed E-state index contributed by atoms with van der Waals surface area (Å²) in [7, 11) is 0. The molecule has 1 aromatic heterocycles. The molecule has 0 unspecified atom stereocenters. The van der Waals surface area contributed by atoms with Crippen LogP contribution in [0.25, 0.3) is 11.5 Å². The standard InChI is InChI=1S/C20H16F3NO3S/c1-12-17(11-28-16-4-2-3-13(9-16)10-18(25)26)27-19(24-12)14-5-7-15(8-6-14)20(21,22)23/h2-9H,10-11H2,1H3,(H,25,26). The van der Waals surface area contributed by atoms with E-state index in [0.29, 0.717) is 28.3 Å².